The number of rotatable bonds is 1. The van der Waals surface area contributed by atoms with Crippen molar-refractivity contribution in [1.82, 2.24) is 0 Å². The van der Waals surface area contributed by atoms with E-state index in [0.29, 0.717) is 5.22 Å². The fourth-order valence-corrected chi connectivity index (χ4v) is 2.78. The van der Waals surface area contributed by atoms with Crippen LogP contribution in [-0.2, 0) is 0 Å². The molecule has 0 unspecified atom stereocenters. The molecule has 0 spiro atoms. The molecule has 0 aliphatic heterocycles. The number of hydrogen-bond acceptors (Lipinski definition) is 3. The van der Waals surface area contributed by atoms with E-state index >= 15 is 0 Å². The van der Waals surface area contributed by atoms with Gasteiger partial charge in [0.1, 0.15) is 11.0 Å². The first-order valence-corrected chi connectivity index (χ1v) is 6.99. The van der Waals surface area contributed by atoms with E-state index in [1.807, 2.05) is 61.5 Å². The number of fused-ring (bicyclic) bond motifs is 1. The van der Waals surface area contributed by atoms with Gasteiger partial charge < -0.3 is 15.3 Å². The maximum Gasteiger partial charge on any atom is 0.286 e. The Kier molecular flexibility index (Phi) is 3.47. The normalized spacial score (nSPS) is 12.2. The summed E-state index contributed by atoms with van der Waals surface area (Å²) in [5.74, 6) is -1.03. The number of aliphatic hydroxyl groups excluding tert-OH is 1. The SMILES string of the molecule is CC(c1ccccc1)=c1c(=C(O)O)c(O)cc2ccccc12. The highest BCUT2D eigenvalue weighted by Gasteiger charge is 2.09. The summed E-state index contributed by atoms with van der Waals surface area (Å²) in [6.07, 6.45) is 0. The van der Waals surface area contributed by atoms with Crippen LogP contribution in [0.2, 0.25) is 0 Å². The van der Waals surface area contributed by atoms with Crippen LogP contribution in [0.25, 0.3) is 22.3 Å². The average Bonchev–Trinajstić information content (AvgIpc) is 2.53. The molecule has 0 fully saturated rings. The molecule has 0 atom stereocenters. The van der Waals surface area contributed by atoms with Gasteiger partial charge in [0, 0.05) is 5.22 Å². The van der Waals surface area contributed by atoms with Crippen LogP contribution >= 0.6 is 0 Å². The maximum absolute atomic E-state index is 10.2. The van der Waals surface area contributed by atoms with Gasteiger partial charge in [-0.15, -0.1) is 0 Å². The average molecular weight is 292 g/mol. The molecule has 0 bridgehead atoms. The van der Waals surface area contributed by atoms with E-state index < -0.39 is 5.95 Å². The fraction of sp³-hybridized carbons (Fsp3) is 0.0526. The first-order valence-electron chi connectivity index (χ1n) is 6.99. The van der Waals surface area contributed by atoms with Crippen LogP contribution in [0.4, 0.5) is 0 Å². The summed E-state index contributed by atoms with van der Waals surface area (Å²) in [6, 6.07) is 18.8. The first-order chi connectivity index (χ1) is 10.6. The summed E-state index contributed by atoms with van der Waals surface area (Å²) < 4.78 is 0. The van der Waals surface area contributed by atoms with Crippen molar-refractivity contribution in [2.75, 3.05) is 0 Å². The number of benzene rings is 3. The molecule has 3 aromatic carbocycles. The van der Waals surface area contributed by atoms with Crippen molar-refractivity contribution in [2.45, 2.75) is 6.92 Å². The Morgan fingerprint density at radius 3 is 2.14 bits per heavy atom. The Balaban J connectivity index is 2.63. The van der Waals surface area contributed by atoms with Gasteiger partial charge in [-0.3, -0.25) is 0 Å². The molecule has 0 radical (unpaired) electrons. The van der Waals surface area contributed by atoms with E-state index in [2.05, 4.69) is 0 Å². The fourth-order valence-electron chi connectivity index (χ4n) is 2.78. The molecule has 0 aliphatic carbocycles. The van der Waals surface area contributed by atoms with Gasteiger partial charge >= 0.3 is 0 Å². The number of phenols is 1. The minimum Gasteiger partial charge on any atom is -0.507 e. The van der Waals surface area contributed by atoms with Gasteiger partial charge in [-0.2, -0.15) is 0 Å². The number of aromatic hydroxyl groups is 1. The van der Waals surface area contributed by atoms with Crippen molar-refractivity contribution in [3.05, 3.63) is 76.7 Å². The van der Waals surface area contributed by atoms with Crippen molar-refractivity contribution >= 4 is 22.3 Å². The molecule has 110 valence electrons. The van der Waals surface area contributed by atoms with Crippen LogP contribution in [-0.4, -0.2) is 15.3 Å². The van der Waals surface area contributed by atoms with Crippen molar-refractivity contribution in [3.63, 3.8) is 0 Å². The standard InChI is InChI=1S/C19H16O3/c1-12(13-7-3-2-4-8-13)17-15-10-6-5-9-14(15)11-16(20)18(17)19(21)22/h2-11,20-22H,1H3. The number of phenolic OH excluding ortho intramolecular Hbond substituents is 1. The molecule has 3 heteroatoms. The van der Waals surface area contributed by atoms with Crippen molar-refractivity contribution in [3.8, 4) is 5.75 Å². The third kappa shape index (κ3) is 2.27. The van der Waals surface area contributed by atoms with E-state index in [0.717, 1.165) is 21.9 Å². The van der Waals surface area contributed by atoms with E-state index in [-0.39, 0.29) is 11.0 Å². The second-order valence-electron chi connectivity index (χ2n) is 5.18. The molecule has 0 aromatic heterocycles. The van der Waals surface area contributed by atoms with E-state index in [1.54, 1.807) is 6.07 Å². The molecule has 0 aliphatic rings. The smallest absolute Gasteiger partial charge is 0.286 e. The van der Waals surface area contributed by atoms with Gasteiger partial charge in [-0.1, -0.05) is 54.6 Å². The Labute approximate surface area is 127 Å². The second-order valence-corrected chi connectivity index (χ2v) is 5.18. The highest BCUT2D eigenvalue weighted by atomic mass is 16.5. The molecular formula is C19H16O3. The van der Waals surface area contributed by atoms with Gasteiger partial charge in [0.15, 0.2) is 0 Å². The summed E-state index contributed by atoms with van der Waals surface area (Å²) in [5, 5.41) is 31.9. The Bertz CT molecular complexity index is 953. The summed E-state index contributed by atoms with van der Waals surface area (Å²) in [6.45, 7) is 1.91. The molecule has 3 rings (SSSR count). The summed E-state index contributed by atoms with van der Waals surface area (Å²) >= 11 is 0. The zero-order valence-electron chi connectivity index (χ0n) is 12.1. The van der Waals surface area contributed by atoms with E-state index in [1.165, 1.54) is 0 Å². The van der Waals surface area contributed by atoms with Gasteiger partial charge in [0.2, 0.25) is 0 Å². The van der Waals surface area contributed by atoms with Crippen LogP contribution in [0.15, 0.2) is 60.7 Å². The zero-order chi connectivity index (χ0) is 15.7. The summed E-state index contributed by atoms with van der Waals surface area (Å²) in [4.78, 5) is 0. The van der Waals surface area contributed by atoms with Gasteiger partial charge in [0.25, 0.3) is 5.95 Å². The number of hydrogen-bond donors (Lipinski definition) is 3. The quantitative estimate of drug-likeness (QED) is 0.646. The van der Waals surface area contributed by atoms with Crippen LogP contribution < -0.4 is 10.4 Å². The minimum atomic E-state index is -0.881. The van der Waals surface area contributed by atoms with E-state index in [9.17, 15) is 15.3 Å². The van der Waals surface area contributed by atoms with Crippen molar-refractivity contribution < 1.29 is 15.3 Å². The third-order valence-electron chi connectivity index (χ3n) is 3.83. The van der Waals surface area contributed by atoms with Crippen molar-refractivity contribution in [1.29, 1.82) is 0 Å². The third-order valence-corrected chi connectivity index (χ3v) is 3.83. The maximum atomic E-state index is 10.2. The summed E-state index contributed by atoms with van der Waals surface area (Å²) in [5.41, 5.74) is 1.82. The molecule has 22 heavy (non-hydrogen) atoms. The van der Waals surface area contributed by atoms with Gasteiger partial charge in [0.05, 0.1) is 0 Å². The van der Waals surface area contributed by atoms with E-state index in [4.69, 9.17) is 0 Å². The lowest BCUT2D eigenvalue weighted by Gasteiger charge is -2.08. The Hall–Kier alpha value is -2.94. The predicted octanol–water partition coefficient (Wildman–Crippen LogP) is 2.95. The van der Waals surface area contributed by atoms with Crippen LogP contribution in [0.5, 0.6) is 5.75 Å². The molecule has 3 aromatic rings. The van der Waals surface area contributed by atoms with Crippen LogP contribution in [0.1, 0.15) is 12.5 Å². The Morgan fingerprint density at radius 2 is 1.45 bits per heavy atom. The molecule has 0 amide bonds. The van der Waals surface area contributed by atoms with Crippen molar-refractivity contribution in [2.24, 2.45) is 0 Å². The molecule has 3 N–H and O–H groups in total. The van der Waals surface area contributed by atoms with Gasteiger partial charge in [-0.05, 0) is 34.9 Å². The lowest BCUT2D eigenvalue weighted by Crippen LogP contribution is -2.30. The van der Waals surface area contributed by atoms with Crippen LogP contribution in [0.3, 0.4) is 0 Å². The molecule has 3 nitrogen and oxygen atoms in total. The second kappa shape index (κ2) is 5.45. The summed E-state index contributed by atoms with van der Waals surface area (Å²) in [7, 11) is 0. The topological polar surface area (TPSA) is 60.7 Å². The van der Waals surface area contributed by atoms with Crippen LogP contribution in [0, 0.1) is 0 Å². The largest absolute Gasteiger partial charge is 0.507 e. The zero-order valence-corrected chi connectivity index (χ0v) is 12.1. The molecule has 0 heterocycles. The Morgan fingerprint density at radius 1 is 0.818 bits per heavy atom. The molecule has 0 saturated carbocycles. The highest BCUT2D eigenvalue weighted by molar-refractivity contribution is 5.88. The molecular weight excluding hydrogens is 276 g/mol. The lowest BCUT2D eigenvalue weighted by molar-refractivity contribution is 0.295. The van der Waals surface area contributed by atoms with Gasteiger partial charge in [-0.25, -0.2) is 0 Å². The minimum absolute atomic E-state index is 0.0556. The lowest BCUT2D eigenvalue weighted by atomic mass is 9.98. The number of aliphatic hydroxyl groups is 2. The predicted molar refractivity (Wildman–Crippen MR) is 88.2 cm³/mol. The molecule has 0 saturated heterocycles. The monoisotopic (exact) mass is 292 g/mol. The highest BCUT2D eigenvalue weighted by Crippen LogP contribution is 2.16. The first kappa shape index (κ1) is 14.0.